The molecule has 3 heterocycles. The molecule has 9 unspecified atom stereocenters. The first kappa shape index (κ1) is 31.4. The number of allylic oxidation sites excluding steroid dienone is 1. The second-order valence-electron chi connectivity index (χ2n) is 9.28. The maximum absolute atomic E-state index is 13.5. The molecule has 9 atom stereocenters. The van der Waals surface area contributed by atoms with E-state index in [2.05, 4.69) is 15.0 Å². The Hall–Kier alpha value is -4.14. The highest BCUT2D eigenvalue weighted by Gasteiger charge is 2.54. The van der Waals surface area contributed by atoms with Gasteiger partial charge in [0.05, 0.1) is 5.69 Å². The molecule has 2 fully saturated rings. The van der Waals surface area contributed by atoms with Gasteiger partial charge in [-0.2, -0.15) is 0 Å². The number of likely N-dealkylation sites (tertiary alicyclic amines) is 1. The minimum absolute atomic E-state index is 0.175. The van der Waals surface area contributed by atoms with Crippen molar-refractivity contribution in [3.05, 3.63) is 34.0 Å². The number of ether oxygens (including phenoxy) is 2. The molecule has 2 aliphatic rings. The van der Waals surface area contributed by atoms with Crippen LogP contribution >= 0.6 is 0 Å². The first-order valence-corrected chi connectivity index (χ1v) is 12.0. The maximum Gasteiger partial charge on any atom is 0.404 e. The van der Waals surface area contributed by atoms with Crippen molar-refractivity contribution < 1.29 is 59.0 Å². The summed E-state index contributed by atoms with van der Waals surface area (Å²) < 4.78 is 10.7. The van der Waals surface area contributed by atoms with Gasteiger partial charge in [0, 0.05) is 12.7 Å². The fourth-order valence-electron chi connectivity index (χ4n) is 4.45. The molecule has 3 amide bonds. The van der Waals surface area contributed by atoms with Gasteiger partial charge in [-0.05, 0) is 12.5 Å². The molecule has 1 aromatic rings. The summed E-state index contributed by atoms with van der Waals surface area (Å²) in [4.78, 5) is 75.4. The van der Waals surface area contributed by atoms with E-state index >= 15 is 0 Å². The summed E-state index contributed by atoms with van der Waals surface area (Å²) in [5.41, 5.74) is 9.74. The van der Waals surface area contributed by atoms with Crippen molar-refractivity contribution in [2.24, 2.45) is 11.5 Å². The van der Waals surface area contributed by atoms with Crippen LogP contribution in [0.5, 0.6) is 0 Å². The minimum Gasteiger partial charge on any atom is -0.479 e. The molecular weight excluding hydrogens is 556 g/mol. The van der Waals surface area contributed by atoms with Crippen molar-refractivity contribution in [2.75, 3.05) is 13.2 Å². The topological polar surface area (TPSA) is 310 Å². The number of H-pyrrole nitrogens is 1. The summed E-state index contributed by atoms with van der Waals surface area (Å²) in [7, 11) is 0. The van der Waals surface area contributed by atoms with Crippen LogP contribution in [0, 0.1) is 0 Å². The Morgan fingerprint density at radius 1 is 1.27 bits per heavy atom. The van der Waals surface area contributed by atoms with E-state index in [1.54, 1.807) is 6.92 Å². The van der Waals surface area contributed by atoms with Gasteiger partial charge in [0.1, 0.15) is 49.2 Å². The number of aliphatic hydroxyl groups excluding tert-OH is 4. The molecule has 2 saturated heterocycles. The van der Waals surface area contributed by atoms with Gasteiger partial charge in [0.2, 0.25) is 11.8 Å². The predicted molar refractivity (Wildman–Crippen MR) is 131 cm³/mol. The SMILES string of the molecule is CC=C1CN(C(=O)C(NC(=O)C(N)C(O)C(O)COC(N)=O)C2OC(n3cc(C=O)[nH]c3=O)C(O)C2O)C1C(=O)O. The molecule has 0 bridgehead atoms. The molecule has 0 spiro atoms. The normalized spacial score (nSPS) is 27.8. The molecule has 0 aromatic carbocycles. The molecule has 11 N–H and O–H groups in total. The zero-order valence-electron chi connectivity index (χ0n) is 21.4. The second-order valence-corrected chi connectivity index (χ2v) is 9.28. The number of nitrogens with zero attached hydrogens (tertiary/aromatic N) is 2. The number of imidazole rings is 1. The highest BCUT2D eigenvalue weighted by molar-refractivity contribution is 5.95. The lowest BCUT2D eigenvalue weighted by atomic mass is 9.92. The number of nitrogens with one attached hydrogen (secondary N) is 2. The number of aromatic nitrogens is 2. The van der Waals surface area contributed by atoms with Gasteiger partial charge in [0.15, 0.2) is 18.6 Å². The molecule has 0 aliphatic carbocycles. The van der Waals surface area contributed by atoms with E-state index in [1.807, 2.05) is 0 Å². The zero-order chi connectivity index (χ0) is 30.8. The van der Waals surface area contributed by atoms with Crippen LogP contribution in [-0.4, -0.2) is 132 Å². The third-order valence-corrected chi connectivity index (χ3v) is 6.70. The summed E-state index contributed by atoms with van der Waals surface area (Å²) in [5.74, 6) is -3.80. The molecule has 1 aromatic heterocycles. The van der Waals surface area contributed by atoms with E-state index in [4.69, 9.17) is 16.2 Å². The molecule has 19 nitrogen and oxygen atoms in total. The number of rotatable bonds is 11. The summed E-state index contributed by atoms with van der Waals surface area (Å²) >= 11 is 0. The number of aliphatic hydroxyl groups is 4. The van der Waals surface area contributed by atoms with Gasteiger partial charge in [-0.1, -0.05) is 6.08 Å². The predicted octanol–water partition coefficient (Wildman–Crippen LogP) is -5.52. The molecule has 41 heavy (non-hydrogen) atoms. The molecule has 19 heteroatoms. The van der Waals surface area contributed by atoms with Crippen molar-refractivity contribution >= 4 is 30.2 Å². The van der Waals surface area contributed by atoms with Gasteiger partial charge >= 0.3 is 17.8 Å². The third-order valence-electron chi connectivity index (χ3n) is 6.70. The number of carbonyl (C=O) groups excluding carboxylic acids is 4. The lowest BCUT2D eigenvalue weighted by Gasteiger charge is -2.43. The number of carboxylic acid groups (broad SMARTS) is 1. The highest BCUT2D eigenvalue weighted by atomic mass is 16.6. The van der Waals surface area contributed by atoms with E-state index in [-0.39, 0.29) is 12.2 Å². The Morgan fingerprint density at radius 2 is 1.93 bits per heavy atom. The summed E-state index contributed by atoms with van der Waals surface area (Å²) in [6.07, 6.45) is -9.83. The average Bonchev–Trinajstić information content (AvgIpc) is 3.42. The number of aliphatic carboxylic acids is 1. The largest absolute Gasteiger partial charge is 0.479 e. The number of hydrogen-bond acceptors (Lipinski definition) is 13. The summed E-state index contributed by atoms with van der Waals surface area (Å²) in [5, 5.41) is 53.3. The molecule has 0 radical (unpaired) electrons. The van der Waals surface area contributed by atoms with Crippen LogP contribution in [0.15, 0.2) is 22.6 Å². The van der Waals surface area contributed by atoms with E-state index < -0.39 is 91.0 Å². The highest BCUT2D eigenvalue weighted by Crippen LogP contribution is 2.33. The Labute approximate surface area is 229 Å². The number of aromatic amines is 1. The van der Waals surface area contributed by atoms with Crippen LogP contribution < -0.4 is 22.5 Å². The molecular formula is C22H30N6O13. The van der Waals surface area contributed by atoms with E-state index in [1.165, 1.54) is 6.08 Å². The lowest BCUT2D eigenvalue weighted by molar-refractivity contribution is -0.157. The van der Waals surface area contributed by atoms with Crippen molar-refractivity contribution in [3.63, 3.8) is 0 Å². The quantitative estimate of drug-likeness (QED) is 0.0863. The van der Waals surface area contributed by atoms with Gasteiger partial charge in [0.25, 0.3) is 0 Å². The summed E-state index contributed by atoms with van der Waals surface area (Å²) in [6.45, 7) is 0.533. The van der Waals surface area contributed by atoms with Gasteiger partial charge in [-0.3, -0.25) is 19.0 Å². The number of aldehydes is 1. The molecule has 0 saturated carbocycles. The van der Waals surface area contributed by atoms with E-state index in [9.17, 15) is 54.3 Å². The standard InChI is InChI=1S/C22H30N6O13/c1-2-7-3-27(12(7)20(36)37)18(35)11(26-17(34)10(23)13(31)9(30)6-40-21(24)38)16-14(32)15(33)19(41-16)28-4-8(5-29)25-22(28)39/h2,4-5,9-16,19,30-33H,3,6,23H2,1H3,(H2,24,38)(H,25,39)(H,26,34)(H,36,37). The number of hydrogen-bond donors (Lipinski definition) is 9. The Balaban J connectivity index is 1.91. The minimum atomic E-state index is -2.07. The van der Waals surface area contributed by atoms with Crippen LogP contribution in [-0.2, 0) is 23.9 Å². The fourth-order valence-corrected chi connectivity index (χ4v) is 4.45. The van der Waals surface area contributed by atoms with Gasteiger partial charge in [-0.25, -0.2) is 14.4 Å². The first-order valence-electron chi connectivity index (χ1n) is 12.0. The molecule has 3 rings (SSSR count). The number of primary amides is 1. The maximum atomic E-state index is 13.5. The number of amides is 3. The van der Waals surface area contributed by atoms with Crippen LogP contribution in [0.25, 0.3) is 0 Å². The zero-order valence-corrected chi connectivity index (χ0v) is 21.4. The average molecular weight is 587 g/mol. The number of carbonyl (C=O) groups is 5. The Morgan fingerprint density at radius 3 is 2.46 bits per heavy atom. The lowest BCUT2D eigenvalue weighted by Crippen LogP contribution is -2.67. The smallest absolute Gasteiger partial charge is 0.404 e. The fraction of sp³-hybridized carbons (Fsp3) is 0.545. The van der Waals surface area contributed by atoms with Crippen molar-refractivity contribution in [1.29, 1.82) is 0 Å². The Bertz CT molecular complexity index is 1280. The number of carboxylic acids is 1. The van der Waals surface area contributed by atoms with Crippen molar-refractivity contribution in [1.82, 2.24) is 19.8 Å². The second kappa shape index (κ2) is 12.6. The van der Waals surface area contributed by atoms with Gasteiger partial charge in [-0.15, -0.1) is 0 Å². The van der Waals surface area contributed by atoms with Crippen LogP contribution in [0.1, 0.15) is 23.6 Å². The van der Waals surface area contributed by atoms with Crippen molar-refractivity contribution in [2.45, 2.75) is 61.8 Å². The van der Waals surface area contributed by atoms with Crippen LogP contribution in [0.4, 0.5) is 4.79 Å². The van der Waals surface area contributed by atoms with E-state index in [0.29, 0.717) is 11.9 Å². The van der Waals surface area contributed by atoms with Crippen LogP contribution in [0.3, 0.4) is 0 Å². The van der Waals surface area contributed by atoms with Gasteiger partial charge < -0.3 is 61.7 Å². The van der Waals surface area contributed by atoms with E-state index in [0.717, 1.165) is 15.7 Å². The molecule has 2 aliphatic heterocycles. The van der Waals surface area contributed by atoms with Crippen molar-refractivity contribution in [3.8, 4) is 0 Å². The molecule has 226 valence electrons. The third kappa shape index (κ3) is 6.29. The summed E-state index contributed by atoms with van der Waals surface area (Å²) in [6, 6.07) is -5.35. The first-order chi connectivity index (χ1) is 19.2. The monoisotopic (exact) mass is 586 g/mol. The van der Waals surface area contributed by atoms with Crippen LogP contribution in [0.2, 0.25) is 0 Å². The Kier molecular flexibility index (Phi) is 9.63. The number of nitrogens with two attached hydrogens (primary N) is 2.